The highest BCUT2D eigenvalue weighted by Gasteiger charge is 2.23. The zero-order valence-corrected chi connectivity index (χ0v) is 14.5. The molecule has 0 aliphatic carbocycles. The van der Waals surface area contributed by atoms with Gasteiger partial charge in [0.1, 0.15) is 5.75 Å². The van der Waals surface area contributed by atoms with Gasteiger partial charge in [0, 0.05) is 28.8 Å². The minimum atomic E-state index is -1.34. The van der Waals surface area contributed by atoms with E-state index >= 15 is 0 Å². The highest BCUT2D eigenvalue weighted by molar-refractivity contribution is 7.84. The van der Waals surface area contributed by atoms with E-state index in [1.807, 2.05) is 24.3 Å². The van der Waals surface area contributed by atoms with Crippen LogP contribution >= 0.6 is 0 Å². The highest BCUT2D eigenvalue weighted by atomic mass is 32.2. The van der Waals surface area contributed by atoms with Crippen molar-refractivity contribution in [2.24, 2.45) is 0 Å². The maximum Gasteiger partial charge on any atom is 0.335 e. The van der Waals surface area contributed by atoms with Gasteiger partial charge in [-0.2, -0.15) is 0 Å². The second kappa shape index (κ2) is 7.61. The van der Waals surface area contributed by atoms with E-state index in [0.717, 1.165) is 29.7 Å². The lowest BCUT2D eigenvalue weighted by molar-refractivity contribution is -0.116. The van der Waals surface area contributed by atoms with Crippen molar-refractivity contribution < 1.29 is 18.9 Å². The zero-order chi connectivity index (χ0) is 17.8. The number of nitrogens with zero attached hydrogens (tertiary/aromatic N) is 1. The number of hydrogen-bond acceptors (Lipinski definition) is 3. The van der Waals surface area contributed by atoms with Gasteiger partial charge in [0.15, 0.2) is 0 Å². The molecule has 3 rings (SSSR count). The average molecular weight is 357 g/mol. The number of fused-ring (bicyclic) bond motifs is 1. The Labute approximate surface area is 148 Å². The van der Waals surface area contributed by atoms with Crippen molar-refractivity contribution in [3.63, 3.8) is 0 Å². The van der Waals surface area contributed by atoms with Crippen LogP contribution in [0.25, 0.3) is 0 Å². The van der Waals surface area contributed by atoms with Gasteiger partial charge in [-0.05, 0) is 42.2 Å². The van der Waals surface area contributed by atoms with E-state index in [1.54, 1.807) is 17.0 Å². The molecule has 6 heteroatoms. The Balaban J connectivity index is 1.63. The lowest BCUT2D eigenvalue weighted by atomic mass is 10.0. The summed E-state index contributed by atoms with van der Waals surface area (Å²) < 4.78 is 12.3. The molecule has 0 fully saturated rings. The third-order valence-corrected chi connectivity index (χ3v) is 5.45. The number of aromatic carboxylic acids is 1. The Hall–Kier alpha value is -2.47. The number of rotatable bonds is 5. The third kappa shape index (κ3) is 4.14. The van der Waals surface area contributed by atoms with Gasteiger partial charge in [0.25, 0.3) is 0 Å². The van der Waals surface area contributed by atoms with Gasteiger partial charge in [-0.25, -0.2) is 4.79 Å². The lowest BCUT2D eigenvalue weighted by Crippen LogP contribution is -2.38. The van der Waals surface area contributed by atoms with E-state index in [9.17, 15) is 13.8 Å². The van der Waals surface area contributed by atoms with Crippen molar-refractivity contribution in [2.75, 3.05) is 17.2 Å². The Bertz CT molecular complexity index is 816. The highest BCUT2D eigenvalue weighted by Crippen LogP contribution is 2.26. The summed E-state index contributed by atoms with van der Waals surface area (Å²) in [6.07, 6.45) is 1.87. The number of carbonyl (C=O) groups excluding carboxylic acids is 1. The van der Waals surface area contributed by atoms with Gasteiger partial charge in [-0.3, -0.25) is 9.00 Å². The number of hydrogen-bond donors (Lipinski definition) is 1. The predicted octanol–water partition coefficient (Wildman–Crippen LogP) is 2.61. The molecule has 0 spiro atoms. The van der Waals surface area contributed by atoms with Crippen molar-refractivity contribution >= 4 is 28.4 Å². The van der Waals surface area contributed by atoms with Crippen molar-refractivity contribution in [2.45, 2.75) is 18.6 Å². The Morgan fingerprint density at radius 3 is 2.52 bits per heavy atom. The molecule has 2 aromatic carbocycles. The maximum absolute atomic E-state index is 12.6. The number of anilines is 1. The van der Waals surface area contributed by atoms with Crippen molar-refractivity contribution in [1.29, 1.82) is 0 Å². The number of benzene rings is 2. The summed E-state index contributed by atoms with van der Waals surface area (Å²) in [7, 11) is -1.34. The van der Waals surface area contributed by atoms with E-state index in [4.69, 9.17) is 5.11 Å². The Kier molecular flexibility index (Phi) is 5.28. The van der Waals surface area contributed by atoms with Gasteiger partial charge in [-0.1, -0.05) is 30.3 Å². The van der Waals surface area contributed by atoms with Gasteiger partial charge in [0.2, 0.25) is 5.91 Å². The molecule has 25 heavy (non-hydrogen) atoms. The zero-order valence-electron chi connectivity index (χ0n) is 13.7. The monoisotopic (exact) mass is 357 g/mol. The first-order chi connectivity index (χ1) is 12.0. The first kappa shape index (κ1) is 17.4. The SMILES string of the molecule is O=C(O)c1ccc(CS(=O)CC(=O)N2CCCc3ccccc32)cc1. The van der Waals surface area contributed by atoms with Crippen LogP contribution in [0.3, 0.4) is 0 Å². The first-order valence-electron chi connectivity index (χ1n) is 8.10. The van der Waals surface area contributed by atoms with Gasteiger partial charge in [-0.15, -0.1) is 0 Å². The molecule has 5 nitrogen and oxygen atoms in total. The number of para-hydroxylation sites is 1. The third-order valence-electron chi connectivity index (χ3n) is 4.22. The smallest absolute Gasteiger partial charge is 0.335 e. The minimum Gasteiger partial charge on any atom is -0.478 e. The molecule has 1 aliphatic rings. The number of carboxylic acids is 1. The minimum absolute atomic E-state index is 0.0327. The number of carboxylic acid groups (broad SMARTS) is 1. The molecule has 0 bridgehead atoms. The first-order valence-corrected chi connectivity index (χ1v) is 9.59. The molecule has 0 saturated heterocycles. The summed E-state index contributed by atoms with van der Waals surface area (Å²) in [4.78, 5) is 25.1. The van der Waals surface area contributed by atoms with E-state index in [2.05, 4.69) is 0 Å². The largest absolute Gasteiger partial charge is 0.478 e. The fourth-order valence-electron chi connectivity index (χ4n) is 2.99. The molecule has 1 aliphatic heterocycles. The molecule has 1 N–H and O–H groups in total. The number of aryl methyl sites for hydroxylation is 1. The molecule has 2 aromatic rings. The quantitative estimate of drug-likeness (QED) is 0.893. The summed E-state index contributed by atoms with van der Waals surface area (Å²) in [6.45, 7) is 0.653. The Morgan fingerprint density at radius 2 is 1.80 bits per heavy atom. The van der Waals surface area contributed by atoms with Crippen LogP contribution in [0.2, 0.25) is 0 Å². The average Bonchev–Trinajstić information content (AvgIpc) is 2.61. The molecule has 0 aromatic heterocycles. The van der Waals surface area contributed by atoms with Crippen LogP contribution in [0.1, 0.15) is 27.9 Å². The fourth-order valence-corrected chi connectivity index (χ4v) is 4.09. The second-order valence-corrected chi connectivity index (χ2v) is 7.47. The molecule has 1 heterocycles. The molecule has 0 saturated carbocycles. The van der Waals surface area contributed by atoms with Crippen LogP contribution in [0.5, 0.6) is 0 Å². The summed E-state index contributed by atoms with van der Waals surface area (Å²) in [5.41, 5.74) is 3.02. The van der Waals surface area contributed by atoms with E-state index < -0.39 is 16.8 Å². The molecule has 130 valence electrons. The van der Waals surface area contributed by atoms with Gasteiger partial charge in [0.05, 0.1) is 5.56 Å². The molecule has 0 radical (unpaired) electrons. The standard InChI is InChI=1S/C19H19NO4S/c21-18(20-11-3-5-15-4-1-2-6-17(15)20)13-25(24)12-14-7-9-16(10-8-14)19(22)23/h1-2,4,6-10H,3,5,11-13H2,(H,22,23). The van der Waals surface area contributed by atoms with Gasteiger partial charge >= 0.3 is 5.97 Å². The summed E-state index contributed by atoms with van der Waals surface area (Å²) in [5, 5.41) is 8.89. The van der Waals surface area contributed by atoms with Crippen LogP contribution in [-0.4, -0.2) is 33.5 Å². The summed E-state index contributed by atoms with van der Waals surface area (Å²) in [5.74, 6) is -0.921. The number of amides is 1. The van der Waals surface area contributed by atoms with E-state index in [0.29, 0.717) is 6.54 Å². The molecule has 1 amide bonds. The summed E-state index contributed by atoms with van der Waals surface area (Å²) >= 11 is 0. The molecule has 1 atom stereocenters. The second-order valence-electron chi connectivity index (χ2n) is 6.01. The van der Waals surface area contributed by atoms with Crippen molar-refractivity contribution in [3.8, 4) is 0 Å². The van der Waals surface area contributed by atoms with Crippen LogP contribution in [0.15, 0.2) is 48.5 Å². The molecular formula is C19H19NO4S. The van der Waals surface area contributed by atoms with Crippen molar-refractivity contribution in [1.82, 2.24) is 0 Å². The van der Waals surface area contributed by atoms with Crippen LogP contribution in [-0.2, 0) is 27.8 Å². The lowest BCUT2D eigenvalue weighted by Gasteiger charge is -2.29. The normalized spacial score (nSPS) is 14.6. The number of carbonyl (C=O) groups is 2. The van der Waals surface area contributed by atoms with E-state index in [-0.39, 0.29) is 23.0 Å². The maximum atomic E-state index is 12.6. The van der Waals surface area contributed by atoms with Crippen LogP contribution < -0.4 is 4.90 Å². The molecule has 1 unspecified atom stereocenters. The predicted molar refractivity (Wildman–Crippen MR) is 97.2 cm³/mol. The van der Waals surface area contributed by atoms with Crippen molar-refractivity contribution in [3.05, 3.63) is 65.2 Å². The Morgan fingerprint density at radius 1 is 1.08 bits per heavy atom. The van der Waals surface area contributed by atoms with Gasteiger partial charge < -0.3 is 10.0 Å². The summed E-state index contributed by atoms with van der Waals surface area (Å²) in [6, 6.07) is 14.1. The molecular weight excluding hydrogens is 338 g/mol. The topological polar surface area (TPSA) is 74.7 Å². The fraction of sp³-hybridized carbons (Fsp3) is 0.263. The van der Waals surface area contributed by atoms with E-state index in [1.165, 1.54) is 12.1 Å². The van der Waals surface area contributed by atoms with Crippen LogP contribution in [0, 0.1) is 0 Å². The van der Waals surface area contributed by atoms with Crippen LogP contribution in [0.4, 0.5) is 5.69 Å².